The van der Waals surface area contributed by atoms with Crippen LogP contribution in [-0.2, 0) is 20.8 Å². The van der Waals surface area contributed by atoms with E-state index in [0.717, 1.165) is 22.4 Å². The lowest BCUT2D eigenvalue weighted by atomic mass is 10.1. The highest BCUT2D eigenvalue weighted by Gasteiger charge is 2.16. The number of hydrogen-bond acceptors (Lipinski definition) is 4. The van der Waals surface area contributed by atoms with Crippen LogP contribution in [0.1, 0.15) is 37.0 Å². The highest BCUT2D eigenvalue weighted by atomic mass is 16.5. The van der Waals surface area contributed by atoms with Gasteiger partial charge in [-0.25, -0.2) is 0 Å². The number of nitrogens with one attached hydrogen (secondary N) is 2. The van der Waals surface area contributed by atoms with E-state index in [9.17, 15) is 14.4 Å². The summed E-state index contributed by atoms with van der Waals surface area (Å²) < 4.78 is 5.63. The first-order valence-electron chi connectivity index (χ1n) is 9.65. The normalized spacial score (nSPS) is 11.4. The van der Waals surface area contributed by atoms with Crippen molar-refractivity contribution in [3.63, 3.8) is 0 Å². The van der Waals surface area contributed by atoms with Crippen LogP contribution in [0.25, 0.3) is 0 Å². The molecule has 29 heavy (non-hydrogen) atoms. The summed E-state index contributed by atoms with van der Waals surface area (Å²) in [4.78, 5) is 35.4. The molecular formula is C23H28N2O4. The van der Waals surface area contributed by atoms with Crippen LogP contribution in [0.2, 0.25) is 0 Å². The number of hydrogen-bond donors (Lipinski definition) is 2. The molecule has 2 aromatic rings. The fourth-order valence-electron chi connectivity index (χ4n) is 2.82. The minimum absolute atomic E-state index is 0.135. The van der Waals surface area contributed by atoms with Gasteiger partial charge in [-0.15, -0.1) is 0 Å². The Morgan fingerprint density at radius 3 is 2.21 bits per heavy atom. The third-order valence-electron chi connectivity index (χ3n) is 4.54. The zero-order valence-electron chi connectivity index (χ0n) is 17.4. The summed E-state index contributed by atoms with van der Waals surface area (Å²) >= 11 is 0. The summed E-state index contributed by atoms with van der Waals surface area (Å²) in [5, 5.41) is 5.42. The summed E-state index contributed by atoms with van der Waals surface area (Å²) in [5.74, 6) is 0.0385. The van der Waals surface area contributed by atoms with E-state index in [1.54, 1.807) is 26.0 Å². The molecule has 6 nitrogen and oxygen atoms in total. The van der Waals surface area contributed by atoms with Crippen LogP contribution >= 0.6 is 0 Å². The summed E-state index contributed by atoms with van der Waals surface area (Å²) in [6, 6.07) is 13.1. The third-order valence-corrected chi connectivity index (χ3v) is 4.54. The molecule has 0 spiro atoms. The molecule has 0 fully saturated rings. The topological polar surface area (TPSA) is 84.5 Å². The van der Waals surface area contributed by atoms with Gasteiger partial charge in [0.25, 0.3) is 5.91 Å². The average molecular weight is 396 g/mol. The van der Waals surface area contributed by atoms with Gasteiger partial charge in [-0.2, -0.15) is 0 Å². The minimum atomic E-state index is -0.744. The van der Waals surface area contributed by atoms with Crippen LogP contribution in [-0.4, -0.2) is 30.2 Å². The van der Waals surface area contributed by atoms with E-state index in [4.69, 9.17) is 4.74 Å². The number of rotatable bonds is 9. The first-order valence-corrected chi connectivity index (χ1v) is 9.65. The highest BCUT2D eigenvalue weighted by Crippen LogP contribution is 2.19. The number of carbonyl (C=O) groups excluding carboxylic acids is 3. The van der Waals surface area contributed by atoms with Crippen LogP contribution in [0.4, 0.5) is 5.69 Å². The van der Waals surface area contributed by atoms with E-state index in [0.29, 0.717) is 18.6 Å². The van der Waals surface area contributed by atoms with Gasteiger partial charge in [0.1, 0.15) is 11.5 Å². The number of para-hydroxylation sites is 1. The standard InChI is InChI=1S/C23H28N2O4/c1-15-6-5-7-16(2)22(15)25-21(27)14-24-23(28)18(4)29-20-12-10-19(11-13-20)9-8-17(3)26/h5-7,10-13,18H,8-9,14H2,1-4H3,(H,24,28)(H,25,27). The number of anilines is 1. The Balaban J connectivity index is 1.81. The minimum Gasteiger partial charge on any atom is -0.481 e. The van der Waals surface area contributed by atoms with Crippen molar-refractivity contribution in [1.29, 1.82) is 0 Å². The number of amides is 2. The van der Waals surface area contributed by atoms with Crippen molar-refractivity contribution in [2.75, 3.05) is 11.9 Å². The molecule has 0 saturated heterocycles. The summed E-state index contributed by atoms with van der Waals surface area (Å²) in [5.41, 5.74) is 3.73. The highest BCUT2D eigenvalue weighted by molar-refractivity contribution is 5.96. The molecule has 1 unspecified atom stereocenters. The van der Waals surface area contributed by atoms with Crippen LogP contribution in [0.15, 0.2) is 42.5 Å². The Labute approximate surface area is 171 Å². The van der Waals surface area contributed by atoms with Gasteiger partial charge in [0.15, 0.2) is 6.10 Å². The van der Waals surface area contributed by atoms with E-state index >= 15 is 0 Å². The van der Waals surface area contributed by atoms with Crippen molar-refractivity contribution < 1.29 is 19.1 Å². The lowest BCUT2D eigenvalue weighted by Crippen LogP contribution is -2.40. The molecule has 2 rings (SSSR count). The van der Waals surface area contributed by atoms with Gasteiger partial charge in [-0.05, 0) is 62.9 Å². The van der Waals surface area contributed by atoms with Gasteiger partial charge in [0, 0.05) is 12.1 Å². The van der Waals surface area contributed by atoms with Gasteiger partial charge < -0.3 is 20.2 Å². The van der Waals surface area contributed by atoms with Crippen molar-refractivity contribution in [3.8, 4) is 5.75 Å². The van der Waals surface area contributed by atoms with E-state index in [-0.39, 0.29) is 24.1 Å². The number of ketones is 1. The molecule has 2 amide bonds. The molecule has 0 bridgehead atoms. The molecule has 154 valence electrons. The van der Waals surface area contributed by atoms with Crippen LogP contribution in [0.3, 0.4) is 0 Å². The molecule has 0 radical (unpaired) electrons. The van der Waals surface area contributed by atoms with Crippen LogP contribution in [0.5, 0.6) is 5.75 Å². The molecule has 0 aliphatic carbocycles. The second kappa shape index (κ2) is 10.4. The SMILES string of the molecule is CC(=O)CCc1ccc(OC(C)C(=O)NCC(=O)Nc2c(C)cccc2C)cc1. The Hall–Kier alpha value is -3.15. The number of Topliss-reactive ketones (excluding diaryl/α,β-unsaturated/α-hetero) is 1. The first-order chi connectivity index (χ1) is 13.8. The zero-order chi connectivity index (χ0) is 21.4. The summed E-state index contributed by atoms with van der Waals surface area (Å²) in [6.07, 6.45) is 0.440. The number of ether oxygens (including phenoxy) is 1. The average Bonchev–Trinajstić information content (AvgIpc) is 2.68. The molecule has 6 heteroatoms. The third kappa shape index (κ3) is 7.07. The van der Waals surface area contributed by atoms with Gasteiger partial charge >= 0.3 is 0 Å². The van der Waals surface area contributed by atoms with Crippen molar-refractivity contribution in [2.24, 2.45) is 0 Å². The maximum Gasteiger partial charge on any atom is 0.261 e. The lowest BCUT2D eigenvalue weighted by molar-refractivity contribution is -0.129. The monoisotopic (exact) mass is 396 g/mol. The summed E-state index contributed by atoms with van der Waals surface area (Å²) in [6.45, 7) is 6.90. The predicted octanol–water partition coefficient (Wildman–Crippen LogP) is 3.35. The van der Waals surface area contributed by atoms with Crippen LogP contribution in [0, 0.1) is 13.8 Å². The quantitative estimate of drug-likeness (QED) is 0.681. The summed E-state index contributed by atoms with van der Waals surface area (Å²) in [7, 11) is 0. The maximum absolute atomic E-state index is 12.2. The number of benzene rings is 2. The lowest BCUT2D eigenvalue weighted by Gasteiger charge is -2.16. The smallest absolute Gasteiger partial charge is 0.261 e. The Morgan fingerprint density at radius 2 is 1.62 bits per heavy atom. The van der Waals surface area contributed by atoms with E-state index in [1.165, 1.54) is 0 Å². The number of carbonyl (C=O) groups is 3. The second-order valence-electron chi connectivity index (χ2n) is 7.14. The maximum atomic E-state index is 12.2. The second-order valence-corrected chi connectivity index (χ2v) is 7.14. The number of aryl methyl sites for hydroxylation is 3. The Bertz CT molecular complexity index is 855. The molecule has 2 N–H and O–H groups in total. The van der Waals surface area contributed by atoms with Gasteiger partial charge in [0.2, 0.25) is 5.91 Å². The molecule has 1 atom stereocenters. The van der Waals surface area contributed by atoms with Crippen molar-refractivity contribution >= 4 is 23.3 Å². The van der Waals surface area contributed by atoms with Gasteiger partial charge in [-0.1, -0.05) is 30.3 Å². The molecular weight excluding hydrogens is 368 g/mol. The van der Waals surface area contributed by atoms with Crippen molar-refractivity contribution in [2.45, 2.75) is 46.6 Å². The molecule has 0 aliphatic heterocycles. The molecule has 0 heterocycles. The van der Waals surface area contributed by atoms with E-state index in [2.05, 4.69) is 10.6 Å². The predicted molar refractivity (Wildman–Crippen MR) is 113 cm³/mol. The Morgan fingerprint density at radius 1 is 1.00 bits per heavy atom. The molecule has 0 aromatic heterocycles. The largest absolute Gasteiger partial charge is 0.481 e. The fourth-order valence-corrected chi connectivity index (χ4v) is 2.82. The first kappa shape index (κ1) is 22.1. The zero-order valence-corrected chi connectivity index (χ0v) is 17.4. The van der Waals surface area contributed by atoms with Gasteiger partial charge in [-0.3, -0.25) is 9.59 Å². The van der Waals surface area contributed by atoms with E-state index in [1.807, 2.05) is 44.2 Å². The molecule has 2 aromatic carbocycles. The molecule has 0 saturated carbocycles. The van der Waals surface area contributed by atoms with Gasteiger partial charge in [0.05, 0.1) is 6.54 Å². The van der Waals surface area contributed by atoms with Crippen molar-refractivity contribution in [1.82, 2.24) is 5.32 Å². The van der Waals surface area contributed by atoms with E-state index < -0.39 is 6.10 Å². The van der Waals surface area contributed by atoms with Crippen molar-refractivity contribution in [3.05, 3.63) is 59.2 Å². The fraction of sp³-hybridized carbons (Fsp3) is 0.348. The van der Waals surface area contributed by atoms with Crippen LogP contribution < -0.4 is 15.4 Å². The Kier molecular flexibility index (Phi) is 7.95. The molecule has 0 aliphatic rings.